The maximum absolute atomic E-state index is 11.7. The lowest BCUT2D eigenvalue weighted by molar-refractivity contribution is 0.0958. The van der Waals surface area contributed by atoms with Gasteiger partial charge in [0, 0.05) is 34.5 Å². The van der Waals surface area contributed by atoms with Gasteiger partial charge in [0.15, 0.2) is 5.78 Å². The van der Waals surface area contributed by atoms with Gasteiger partial charge in [-0.15, -0.1) is 0 Å². The fourth-order valence-corrected chi connectivity index (χ4v) is 2.57. The third kappa shape index (κ3) is 5.65. The highest BCUT2D eigenvalue weighted by atomic mass is 16.3. The van der Waals surface area contributed by atoms with Crippen molar-refractivity contribution < 1.29 is 9.90 Å². The zero-order chi connectivity index (χ0) is 19.4. The van der Waals surface area contributed by atoms with Crippen LogP contribution in [0.4, 0.5) is 11.4 Å². The number of carbonyl (C=O) groups is 1. The van der Waals surface area contributed by atoms with E-state index in [2.05, 4.69) is 17.2 Å². The normalized spacial score (nSPS) is 14.7. The molecule has 0 atom stereocenters. The zero-order valence-electron chi connectivity index (χ0n) is 15.8. The van der Waals surface area contributed by atoms with Gasteiger partial charge in [0.1, 0.15) is 5.60 Å². The minimum atomic E-state index is -0.970. The van der Waals surface area contributed by atoms with Crippen LogP contribution in [0.25, 0.3) is 0 Å². The molecule has 2 aromatic rings. The minimum absolute atomic E-state index is 0.106. The van der Waals surface area contributed by atoms with Crippen molar-refractivity contribution in [2.75, 3.05) is 11.1 Å². The number of para-hydroxylation sites is 2. The first-order chi connectivity index (χ1) is 12.1. The first kappa shape index (κ1) is 19.6. The summed E-state index contributed by atoms with van der Waals surface area (Å²) in [5, 5.41) is 12.7. The number of rotatable bonds is 0. The monoisotopic (exact) mass is 350 g/mol. The Morgan fingerprint density at radius 3 is 2.38 bits per heavy atom. The fraction of sp³-hybridized carbons (Fsp3) is 0.318. The molecule has 0 saturated heterocycles. The van der Waals surface area contributed by atoms with Crippen LogP contribution in [0.1, 0.15) is 50.0 Å². The van der Waals surface area contributed by atoms with E-state index in [1.54, 1.807) is 19.9 Å². The molecule has 0 radical (unpaired) electrons. The van der Waals surface area contributed by atoms with Crippen LogP contribution in [-0.2, 0) is 0 Å². The second-order valence-corrected chi connectivity index (χ2v) is 7.55. The number of Topliss-reactive ketones (excluding diaryl/α,β-unsaturated/α-hetero) is 1. The predicted octanol–water partition coefficient (Wildman–Crippen LogP) is 3.85. The van der Waals surface area contributed by atoms with Crippen molar-refractivity contribution in [2.24, 2.45) is 0 Å². The van der Waals surface area contributed by atoms with E-state index in [1.165, 1.54) is 0 Å². The molecule has 0 amide bonds. The van der Waals surface area contributed by atoms with E-state index >= 15 is 0 Å². The van der Waals surface area contributed by atoms with Crippen molar-refractivity contribution in [1.29, 1.82) is 0 Å². The zero-order valence-corrected chi connectivity index (χ0v) is 15.8. The van der Waals surface area contributed by atoms with Crippen LogP contribution < -0.4 is 11.1 Å². The quantitative estimate of drug-likeness (QED) is 0.498. The van der Waals surface area contributed by atoms with E-state index in [9.17, 15) is 9.90 Å². The van der Waals surface area contributed by atoms with Crippen LogP contribution in [-0.4, -0.2) is 22.0 Å². The van der Waals surface area contributed by atoms with E-state index in [0.29, 0.717) is 12.1 Å². The molecule has 0 fully saturated rings. The lowest BCUT2D eigenvalue weighted by atomic mass is 9.88. The molecule has 0 spiro atoms. The molecule has 4 N–H and O–H groups in total. The van der Waals surface area contributed by atoms with Crippen LogP contribution in [0.5, 0.6) is 0 Å². The third-order valence-electron chi connectivity index (χ3n) is 3.77. The summed E-state index contributed by atoms with van der Waals surface area (Å²) >= 11 is 0. The maximum Gasteiger partial charge on any atom is 0.167 e. The Labute approximate surface area is 155 Å². The summed E-state index contributed by atoms with van der Waals surface area (Å²) in [7, 11) is 0. The highest BCUT2D eigenvalue weighted by Gasteiger charge is 2.29. The Morgan fingerprint density at radius 1 is 1.12 bits per heavy atom. The van der Waals surface area contributed by atoms with Crippen LogP contribution in [0.15, 0.2) is 48.5 Å². The topological polar surface area (TPSA) is 75.3 Å². The summed E-state index contributed by atoms with van der Waals surface area (Å²) in [6.45, 7) is 7.36. The first-order valence-corrected chi connectivity index (χ1v) is 8.58. The average molecular weight is 350 g/mol. The number of nitrogens with one attached hydrogen (secondary N) is 1. The molecule has 3 rings (SSSR count). The van der Waals surface area contributed by atoms with Gasteiger partial charge in [-0.1, -0.05) is 36.1 Å². The summed E-state index contributed by atoms with van der Waals surface area (Å²) in [6, 6.07) is 15.0. The number of fused-ring (bicyclic) bond motifs is 1. The van der Waals surface area contributed by atoms with Crippen molar-refractivity contribution in [1.82, 2.24) is 0 Å². The predicted molar refractivity (Wildman–Crippen MR) is 107 cm³/mol. The number of hydrogen-bond acceptors (Lipinski definition) is 4. The summed E-state index contributed by atoms with van der Waals surface area (Å²) in [5.41, 5.74) is 7.77. The van der Waals surface area contributed by atoms with Gasteiger partial charge in [0.05, 0.1) is 0 Å². The van der Waals surface area contributed by atoms with Gasteiger partial charge >= 0.3 is 0 Å². The number of carbonyl (C=O) groups excluding carboxylic acids is 1. The Hall–Kier alpha value is -2.77. The third-order valence-corrected chi connectivity index (χ3v) is 3.77. The molecule has 2 aromatic carbocycles. The average Bonchev–Trinajstić information content (AvgIpc) is 2.53. The van der Waals surface area contributed by atoms with Gasteiger partial charge in [0.2, 0.25) is 0 Å². The van der Waals surface area contributed by atoms with Crippen molar-refractivity contribution in [3.63, 3.8) is 0 Å². The fourth-order valence-electron chi connectivity index (χ4n) is 2.57. The number of hydrogen-bond donors (Lipinski definition) is 3. The second kappa shape index (κ2) is 7.63. The summed E-state index contributed by atoms with van der Waals surface area (Å²) in [6.07, 6.45) is 0.573. The highest BCUT2D eigenvalue weighted by Crippen LogP contribution is 2.29. The first-order valence-electron chi connectivity index (χ1n) is 8.58. The number of ketones is 1. The molecule has 0 saturated carbocycles. The van der Waals surface area contributed by atoms with Gasteiger partial charge in [-0.2, -0.15) is 0 Å². The van der Waals surface area contributed by atoms with Crippen LogP contribution in [0.3, 0.4) is 0 Å². The standard InChI is InChI=1S/2C11H13NO/c1-11(2)7-10(13)8-5-3-4-6-9(8)12-11;1-11(2,13)8-7-9-5-3-4-6-10(9)12/h3-6,12H,7H2,1-2H3;3-6,13H,12H2,1-2H3. The van der Waals surface area contributed by atoms with E-state index in [-0.39, 0.29) is 11.3 Å². The Balaban J connectivity index is 0.000000187. The minimum Gasteiger partial charge on any atom is -0.398 e. The Bertz CT molecular complexity index is 852. The maximum atomic E-state index is 11.7. The molecule has 1 aliphatic rings. The largest absolute Gasteiger partial charge is 0.398 e. The number of benzene rings is 2. The molecule has 4 nitrogen and oxygen atoms in total. The molecule has 0 bridgehead atoms. The van der Waals surface area contributed by atoms with Gasteiger partial charge in [-0.3, -0.25) is 4.79 Å². The lowest BCUT2D eigenvalue weighted by Gasteiger charge is -2.32. The van der Waals surface area contributed by atoms with Crippen LogP contribution in [0.2, 0.25) is 0 Å². The highest BCUT2D eigenvalue weighted by molar-refractivity contribution is 6.03. The molecular formula is C22H26N2O2. The van der Waals surface area contributed by atoms with Gasteiger partial charge < -0.3 is 16.2 Å². The van der Waals surface area contributed by atoms with E-state index in [4.69, 9.17) is 5.73 Å². The Kier molecular flexibility index (Phi) is 5.74. The number of anilines is 2. The molecular weight excluding hydrogens is 324 g/mol. The van der Waals surface area contributed by atoms with E-state index in [0.717, 1.165) is 16.8 Å². The molecule has 26 heavy (non-hydrogen) atoms. The summed E-state index contributed by atoms with van der Waals surface area (Å²) in [5.74, 6) is 5.77. The van der Waals surface area contributed by atoms with Gasteiger partial charge in [-0.25, -0.2) is 0 Å². The molecule has 1 heterocycles. The Morgan fingerprint density at radius 2 is 1.73 bits per heavy atom. The number of nitrogens with two attached hydrogens (primary N) is 1. The lowest BCUT2D eigenvalue weighted by Crippen LogP contribution is -2.38. The van der Waals surface area contributed by atoms with Gasteiger partial charge in [0.25, 0.3) is 0 Å². The van der Waals surface area contributed by atoms with Crippen LogP contribution >= 0.6 is 0 Å². The van der Waals surface area contributed by atoms with Gasteiger partial charge in [-0.05, 0) is 52.0 Å². The SMILES string of the molecule is CC(C)(O)C#Cc1ccccc1N.CC1(C)CC(=O)c2ccccc2N1. The second-order valence-electron chi connectivity index (χ2n) is 7.55. The molecule has 0 aliphatic carbocycles. The molecule has 4 heteroatoms. The van der Waals surface area contributed by atoms with Crippen molar-refractivity contribution in [3.8, 4) is 11.8 Å². The van der Waals surface area contributed by atoms with E-state index in [1.807, 2.05) is 56.3 Å². The summed E-state index contributed by atoms with van der Waals surface area (Å²) < 4.78 is 0. The molecule has 136 valence electrons. The van der Waals surface area contributed by atoms with Crippen molar-refractivity contribution >= 4 is 17.2 Å². The molecule has 1 aliphatic heterocycles. The number of aliphatic hydroxyl groups is 1. The smallest absolute Gasteiger partial charge is 0.167 e. The van der Waals surface area contributed by atoms with Crippen molar-refractivity contribution in [3.05, 3.63) is 59.7 Å². The summed E-state index contributed by atoms with van der Waals surface area (Å²) in [4.78, 5) is 11.7. The van der Waals surface area contributed by atoms with Crippen molar-refractivity contribution in [2.45, 2.75) is 45.3 Å². The van der Waals surface area contributed by atoms with Crippen LogP contribution in [0, 0.1) is 11.8 Å². The molecule has 0 aromatic heterocycles. The number of nitrogen functional groups attached to an aromatic ring is 1. The molecule has 0 unspecified atom stereocenters. The van der Waals surface area contributed by atoms with E-state index < -0.39 is 5.60 Å².